The minimum atomic E-state index is 0.152. The van der Waals surface area contributed by atoms with Crippen molar-refractivity contribution in [3.05, 3.63) is 18.3 Å². The topological polar surface area (TPSA) is 34.2 Å². The van der Waals surface area contributed by atoms with Gasteiger partial charge in [-0.3, -0.25) is 0 Å². The van der Waals surface area contributed by atoms with Crippen LogP contribution in [0.2, 0.25) is 0 Å². The van der Waals surface area contributed by atoms with Crippen LogP contribution in [0.1, 0.15) is 27.7 Å². The van der Waals surface area contributed by atoms with E-state index in [1.807, 2.05) is 26.0 Å². The maximum Gasteiger partial charge on any atom is 0.237 e. The predicted octanol–water partition coefficient (Wildman–Crippen LogP) is 2.94. The van der Waals surface area contributed by atoms with Gasteiger partial charge < -0.3 is 10.1 Å². The molecule has 3 nitrogen and oxygen atoms in total. The monoisotopic (exact) mass is 208 g/mol. The third kappa shape index (κ3) is 4.19. The highest BCUT2D eigenvalue weighted by atomic mass is 16.5. The minimum Gasteiger partial charge on any atom is -0.473 e. The van der Waals surface area contributed by atoms with Gasteiger partial charge >= 0.3 is 0 Å². The van der Waals surface area contributed by atoms with Gasteiger partial charge in [0.05, 0.1) is 11.8 Å². The standard InChI is InChI=1S/C12H20N2O/c1-9(2)8-14-11-6-5-7-13-12(11)15-10(3)4/h5-7,9-10,14H,8H2,1-4H3. The highest BCUT2D eigenvalue weighted by molar-refractivity contribution is 5.52. The van der Waals surface area contributed by atoms with E-state index in [2.05, 4.69) is 24.1 Å². The molecule has 0 amide bonds. The van der Waals surface area contributed by atoms with E-state index in [1.165, 1.54) is 0 Å². The molecule has 0 atom stereocenters. The Labute approximate surface area is 91.9 Å². The van der Waals surface area contributed by atoms with E-state index >= 15 is 0 Å². The van der Waals surface area contributed by atoms with Crippen LogP contribution in [-0.4, -0.2) is 17.6 Å². The molecule has 0 bridgehead atoms. The zero-order valence-electron chi connectivity index (χ0n) is 9.95. The number of ether oxygens (including phenoxy) is 1. The molecule has 0 radical (unpaired) electrons. The molecule has 3 heteroatoms. The molecular formula is C12H20N2O. The quantitative estimate of drug-likeness (QED) is 0.807. The Morgan fingerprint density at radius 1 is 1.33 bits per heavy atom. The van der Waals surface area contributed by atoms with E-state index in [0.29, 0.717) is 11.8 Å². The molecule has 0 aliphatic heterocycles. The summed E-state index contributed by atoms with van der Waals surface area (Å²) in [5.74, 6) is 1.30. The van der Waals surface area contributed by atoms with Gasteiger partial charge in [-0.25, -0.2) is 4.98 Å². The molecule has 1 aromatic rings. The SMILES string of the molecule is CC(C)CNc1cccnc1OC(C)C. The third-order valence-electron chi connectivity index (χ3n) is 1.82. The van der Waals surface area contributed by atoms with Gasteiger partial charge in [0.2, 0.25) is 5.88 Å². The molecule has 0 saturated carbocycles. The lowest BCUT2D eigenvalue weighted by Gasteiger charge is -2.15. The molecule has 0 aromatic carbocycles. The van der Waals surface area contributed by atoms with Crippen molar-refractivity contribution in [3.8, 4) is 5.88 Å². The van der Waals surface area contributed by atoms with Crippen LogP contribution in [0.5, 0.6) is 5.88 Å². The van der Waals surface area contributed by atoms with Crippen molar-refractivity contribution in [1.29, 1.82) is 0 Å². The lowest BCUT2D eigenvalue weighted by molar-refractivity contribution is 0.234. The molecule has 0 aliphatic carbocycles. The van der Waals surface area contributed by atoms with Gasteiger partial charge in [-0.15, -0.1) is 0 Å². The smallest absolute Gasteiger partial charge is 0.237 e. The summed E-state index contributed by atoms with van der Waals surface area (Å²) in [7, 11) is 0. The second kappa shape index (κ2) is 5.59. The fourth-order valence-electron chi connectivity index (χ4n) is 1.16. The Bertz CT molecular complexity index is 297. The van der Waals surface area contributed by atoms with Crippen LogP contribution in [0.15, 0.2) is 18.3 Å². The fourth-order valence-corrected chi connectivity index (χ4v) is 1.16. The van der Waals surface area contributed by atoms with Crippen LogP contribution in [0, 0.1) is 5.92 Å². The van der Waals surface area contributed by atoms with Gasteiger partial charge in [0.25, 0.3) is 0 Å². The lowest BCUT2D eigenvalue weighted by Crippen LogP contribution is -2.12. The Morgan fingerprint density at radius 3 is 2.67 bits per heavy atom. The summed E-state index contributed by atoms with van der Waals surface area (Å²) >= 11 is 0. The Kier molecular flexibility index (Phi) is 4.40. The summed E-state index contributed by atoms with van der Waals surface area (Å²) in [4.78, 5) is 4.21. The molecule has 0 unspecified atom stereocenters. The summed E-state index contributed by atoms with van der Waals surface area (Å²) in [5, 5.41) is 3.33. The van der Waals surface area contributed by atoms with E-state index in [-0.39, 0.29) is 6.10 Å². The fraction of sp³-hybridized carbons (Fsp3) is 0.583. The highest BCUT2D eigenvalue weighted by Gasteiger charge is 2.06. The van der Waals surface area contributed by atoms with Gasteiger partial charge in [-0.2, -0.15) is 0 Å². The van der Waals surface area contributed by atoms with E-state index in [9.17, 15) is 0 Å². The normalized spacial score (nSPS) is 10.8. The van der Waals surface area contributed by atoms with Crippen LogP contribution < -0.4 is 10.1 Å². The maximum atomic E-state index is 5.60. The first kappa shape index (κ1) is 11.8. The third-order valence-corrected chi connectivity index (χ3v) is 1.82. The predicted molar refractivity (Wildman–Crippen MR) is 63.3 cm³/mol. The van der Waals surface area contributed by atoms with E-state index in [4.69, 9.17) is 4.74 Å². The van der Waals surface area contributed by atoms with Gasteiger partial charge in [0, 0.05) is 12.7 Å². The molecule has 0 aliphatic rings. The maximum absolute atomic E-state index is 5.60. The number of pyridine rings is 1. The largest absolute Gasteiger partial charge is 0.473 e. The van der Waals surface area contributed by atoms with Crippen LogP contribution in [0.3, 0.4) is 0 Å². The first-order chi connectivity index (χ1) is 7.09. The number of nitrogens with one attached hydrogen (secondary N) is 1. The van der Waals surface area contributed by atoms with Crippen molar-refractivity contribution < 1.29 is 4.74 Å². The number of hydrogen-bond donors (Lipinski definition) is 1. The van der Waals surface area contributed by atoms with E-state index in [0.717, 1.165) is 12.2 Å². The summed E-state index contributed by atoms with van der Waals surface area (Å²) in [6.45, 7) is 9.28. The average Bonchev–Trinajstić information content (AvgIpc) is 2.15. The molecule has 1 N–H and O–H groups in total. The Morgan fingerprint density at radius 2 is 2.07 bits per heavy atom. The molecule has 84 valence electrons. The number of nitrogens with zero attached hydrogens (tertiary/aromatic N) is 1. The molecule has 0 fully saturated rings. The van der Waals surface area contributed by atoms with Crippen molar-refractivity contribution >= 4 is 5.69 Å². The molecule has 15 heavy (non-hydrogen) atoms. The minimum absolute atomic E-state index is 0.152. The van der Waals surface area contributed by atoms with Gasteiger partial charge in [0.15, 0.2) is 0 Å². The molecule has 1 aromatic heterocycles. The van der Waals surface area contributed by atoms with Gasteiger partial charge in [-0.1, -0.05) is 13.8 Å². The van der Waals surface area contributed by atoms with Crippen molar-refractivity contribution in [2.45, 2.75) is 33.8 Å². The van der Waals surface area contributed by atoms with Gasteiger partial charge in [0.1, 0.15) is 0 Å². The number of rotatable bonds is 5. The van der Waals surface area contributed by atoms with Gasteiger partial charge in [-0.05, 0) is 31.9 Å². The van der Waals surface area contributed by atoms with Crippen LogP contribution >= 0.6 is 0 Å². The number of hydrogen-bond acceptors (Lipinski definition) is 3. The van der Waals surface area contributed by atoms with Crippen LogP contribution in [0.4, 0.5) is 5.69 Å². The molecule has 0 saturated heterocycles. The zero-order chi connectivity index (χ0) is 11.3. The second-order valence-corrected chi connectivity index (χ2v) is 4.30. The molecular weight excluding hydrogens is 188 g/mol. The van der Waals surface area contributed by atoms with Crippen molar-refractivity contribution in [1.82, 2.24) is 4.98 Å². The summed E-state index contributed by atoms with van der Waals surface area (Å²) in [5.41, 5.74) is 0.972. The molecule has 1 heterocycles. The summed E-state index contributed by atoms with van der Waals surface area (Å²) in [6, 6.07) is 3.91. The average molecular weight is 208 g/mol. The zero-order valence-corrected chi connectivity index (χ0v) is 9.95. The second-order valence-electron chi connectivity index (χ2n) is 4.30. The van der Waals surface area contributed by atoms with E-state index < -0.39 is 0 Å². The van der Waals surface area contributed by atoms with Crippen LogP contribution in [-0.2, 0) is 0 Å². The number of aromatic nitrogens is 1. The van der Waals surface area contributed by atoms with E-state index in [1.54, 1.807) is 6.20 Å². The Balaban J connectivity index is 2.68. The molecule has 1 rings (SSSR count). The summed E-state index contributed by atoms with van der Waals surface area (Å²) in [6.07, 6.45) is 1.90. The van der Waals surface area contributed by atoms with Crippen molar-refractivity contribution in [2.24, 2.45) is 5.92 Å². The lowest BCUT2D eigenvalue weighted by atomic mass is 10.2. The number of anilines is 1. The summed E-state index contributed by atoms with van der Waals surface area (Å²) < 4.78 is 5.60. The molecule has 0 spiro atoms. The van der Waals surface area contributed by atoms with Crippen molar-refractivity contribution in [3.63, 3.8) is 0 Å². The van der Waals surface area contributed by atoms with Crippen LogP contribution in [0.25, 0.3) is 0 Å². The Hall–Kier alpha value is -1.25. The first-order valence-electron chi connectivity index (χ1n) is 5.45. The highest BCUT2D eigenvalue weighted by Crippen LogP contribution is 2.21. The first-order valence-corrected chi connectivity index (χ1v) is 5.45. The van der Waals surface area contributed by atoms with Crippen molar-refractivity contribution in [2.75, 3.05) is 11.9 Å².